The molecule has 0 aromatic heterocycles. The lowest BCUT2D eigenvalue weighted by Crippen LogP contribution is -2.37. The second-order valence-electron chi connectivity index (χ2n) is 26.3. The minimum Gasteiger partial charge on any atom is -0.756 e. The summed E-state index contributed by atoms with van der Waals surface area (Å²) < 4.78 is 34.4. The predicted octanol–water partition coefficient (Wildman–Crippen LogP) is 23.5. The van der Waals surface area contributed by atoms with Crippen LogP contribution in [0.5, 0.6) is 0 Å². The van der Waals surface area contributed by atoms with E-state index >= 15 is 0 Å². The number of carbonyl (C=O) groups is 2. The lowest BCUT2D eigenvalue weighted by molar-refractivity contribution is -0.870. The highest BCUT2D eigenvalue weighted by Crippen LogP contribution is 2.38. The van der Waals surface area contributed by atoms with Gasteiger partial charge in [0.05, 0.1) is 27.7 Å². The van der Waals surface area contributed by atoms with E-state index in [1.807, 2.05) is 21.1 Å². The van der Waals surface area contributed by atoms with E-state index in [-0.39, 0.29) is 32.0 Å². The summed E-state index contributed by atoms with van der Waals surface area (Å²) in [4.78, 5) is 38.1. The highest BCUT2D eigenvalue weighted by molar-refractivity contribution is 7.45. The molecule has 0 N–H and O–H groups in total. The Morgan fingerprint density at radius 3 is 0.930 bits per heavy atom. The lowest BCUT2D eigenvalue weighted by atomic mass is 10.0. The average Bonchev–Trinajstić information content (AvgIpc) is 3.53. The van der Waals surface area contributed by atoms with Gasteiger partial charge in [-0.2, -0.15) is 0 Å². The average molecular weight is 1230 g/mol. The zero-order valence-electron chi connectivity index (χ0n) is 57.5. The van der Waals surface area contributed by atoms with Crippen molar-refractivity contribution in [2.75, 3.05) is 47.5 Å². The van der Waals surface area contributed by atoms with Crippen molar-refractivity contribution in [1.29, 1.82) is 0 Å². The molecule has 0 amide bonds. The molecule has 0 spiro atoms. The number of carbonyl (C=O) groups excluding carboxylic acids is 2. The first-order valence-corrected chi connectivity index (χ1v) is 38.5. The molecular weight excluding hydrogens is 1090 g/mol. The normalized spacial score (nSPS) is 13.4. The van der Waals surface area contributed by atoms with Gasteiger partial charge in [0.15, 0.2) is 6.10 Å². The number of hydrogen-bond donors (Lipinski definition) is 0. The highest BCUT2D eigenvalue weighted by Gasteiger charge is 2.22. The number of phosphoric acid groups is 1. The third kappa shape index (κ3) is 70.8. The number of ether oxygens (including phenoxy) is 2. The molecule has 0 fully saturated rings. The van der Waals surface area contributed by atoms with Crippen LogP contribution in [0.15, 0.2) is 60.8 Å². The van der Waals surface area contributed by atoms with Gasteiger partial charge in [0.2, 0.25) is 0 Å². The van der Waals surface area contributed by atoms with Gasteiger partial charge >= 0.3 is 11.9 Å². The second kappa shape index (κ2) is 67.1. The summed E-state index contributed by atoms with van der Waals surface area (Å²) in [7, 11) is 1.18. The molecule has 86 heavy (non-hydrogen) atoms. The molecular formula is C76H142NO8P. The van der Waals surface area contributed by atoms with E-state index in [0.717, 1.165) is 57.8 Å². The molecule has 0 aliphatic heterocycles. The molecule has 0 saturated carbocycles. The van der Waals surface area contributed by atoms with Gasteiger partial charge in [-0.3, -0.25) is 14.2 Å². The molecule has 0 rings (SSSR count). The van der Waals surface area contributed by atoms with Crippen molar-refractivity contribution in [3.05, 3.63) is 60.8 Å². The Kier molecular flexibility index (Phi) is 65.3. The fourth-order valence-corrected chi connectivity index (χ4v) is 11.5. The van der Waals surface area contributed by atoms with E-state index in [0.29, 0.717) is 17.4 Å². The van der Waals surface area contributed by atoms with Gasteiger partial charge in [-0.1, -0.05) is 325 Å². The summed E-state index contributed by atoms with van der Waals surface area (Å²) >= 11 is 0. The summed E-state index contributed by atoms with van der Waals surface area (Å²) in [6.45, 7) is 4.27. The third-order valence-corrected chi connectivity index (χ3v) is 17.5. The second-order valence-corrected chi connectivity index (χ2v) is 27.7. The van der Waals surface area contributed by atoms with Gasteiger partial charge in [0.1, 0.15) is 19.8 Å². The molecule has 10 heteroatoms. The quantitative estimate of drug-likeness (QED) is 0.0195. The summed E-state index contributed by atoms with van der Waals surface area (Å²) in [6.07, 6.45) is 88.9. The smallest absolute Gasteiger partial charge is 0.306 e. The standard InChI is InChI=1S/C76H142NO8P/c1-6-8-10-12-14-16-18-20-22-24-26-28-30-32-34-35-36-37-38-39-40-41-43-44-46-48-50-52-54-56-58-60-62-64-66-68-75(78)82-72-74(73-84-86(80,81)83-71-70-77(3,4)5)85-76(79)69-67-65-63-61-59-57-55-53-51-49-47-45-42-33-31-29-27-25-23-21-19-17-15-13-11-9-7-2/h18-21,24-27,31,33,74H,6-17,22-23,28-30,32,34-73H2,1-5H3/b20-18-,21-19-,26-24-,27-25-,33-31-. The van der Waals surface area contributed by atoms with Gasteiger partial charge in [-0.05, 0) is 83.5 Å². The first-order valence-electron chi connectivity index (χ1n) is 37.0. The zero-order valence-corrected chi connectivity index (χ0v) is 58.4. The monoisotopic (exact) mass is 1230 g/mol. The molecule has 0 aliphatic carbocycles. The van der Waals surface area contributed by atoms with Crippen LogP contribution < -0.4 is 4.89 Å². The number of phosphoric ester groups is 1. The van der Waals surface area contributed by atoms with E-state index in [1.165, 1.54) is 270 Å². The first kappa shape index (κ1) is 83.7. The van der Waals surface area contributed by atoms with E-state index in [2.05, 4.69) is 74.6 Å². The number of hydrogen-bond acceptors (Lipinski definition) is 8. The highest BCUT2D eigenvalue weighted by atomic mass is 31.2. The number of esters is 2. The fourth-order valence-electron chi connectivity index (χ4n) is 10.8. The van der Waals surface area contributed by atoms with Crippen LogP contribution in [-0.2, 0) is 32.7 Å². The van der Waals surface area contributed by atoms with Crippen LogP contribution in [0.2, 0.25) is 0 Å². The maximum Gasteiger partial charge on any atom is 0.306 e. The number of likely N-dealkylation sites (N-methyl/N-ethyl adjacent to an activating group) is 1. The van der Waals surface area contributed by atoms with Crippen LogP contribution in [0.3, 0.4) is 0 Å². The Balaban J connectivity index is 3.97. The summed E-state index contributed by atoms with van der Waals surface area (Å²) in [5.41, 5.74) is 0. The summed E-state index contributed by atoms with van der Waals surface area (Å²) in [5, 5.41) is 0. The van der Waals surface area contributed by atoms with Gasteiger partial charge < -0.3 is 27.9 Å². The Bertz CT molecular complexity index is 1630. The molecule has 2 atom stereocenters. The fraction of sp³-hybridized carbons (Fsp3) is 0.842. The van der Waals surface area contributed by atoms with E-state index in [9.17, 15) is 19.0 Å². The number of unbranched alkanes of at least 4 members (excludes halogenated alkanes) is 45. The Morgan fingerprint density at radius 1 is 0.360 bits per heavy atom. The number of nitrogens with zero attached hydrogens (tertiary/aromatic N) is 1. The lowest BCUT2D eigenvalue weighted by Gasteiger charge is -2.28. The Morgan fingerprint density at radius 2 is 0.628 bits per heavy atom. The molecule has 0 aromatic carbocycles. The van der Waals surface area contributed by atoms with Crippen LogP contribution in [-0.4, -0.2) is 70.0 Å². The molecule has 0 radical (unpaired) electrons. The summed E-state index contributed by atoms with van der Waals surface area (Å²) in [5.74, 6) is -0.819. The molecule has 2 unspecified atom stereocenters. The van der Waals surface area contributed by atoms with Crippen molar-refractivity contribution in [3.8, 4) is 0 Å². The SMILES string of the molecule is CCCCCCC/C=C\C/C=C\C/C=C\CCCCCCCCCCCCCCC(=O)OC(COC(=O)CCCCCCCCCCCCCCCCCCCCCCCCC/C=C\C/C=C\CCCCCCC)COP(=O)([O-])OCC[N+](C)(C)C. The van der Waals surface area contributed by atoms with Crippen LogP contribution in [0.25, 0.3) is 0 Å². The molecule has 9 nitrogen and oxygen atoms in total. The van der Waals surface area contributed by atoms with Crippen molar-refractivity contribution in [3.63, 3.8) is 0 Å². The van der Waals surface area contributed by atoms with Crippen molar-refractivity contribution >= 4 is 19.8 Å². The first-order chi connectivity index (χ1) is 42.0. The van der Waals surface area contributed by atoms with Crippen molar-refractivity contribution in [2.45, 2.75) is 367 Å². The van der Waals surface area contributed by atoms with Crippen molar-refractivity contribution in [2.24, 2.45) is 0 Å². The number of allylic oxidation sites excluding steroid dienone is 10. The van der Waals surface area contributed by atoms with Crippen LogP contribution in [0, 0.1) is 0 Å². The van der Waals surface area contributed by atoms with Gasteiger partial charge in [0.25, 0.3) is 7.82 Å². The van der Waals surface area contributed by atoms with E-state index < -0.39 is 26.5 Å². The van der Waals surface area contributed by atoms with Crippen LogP contribution in [0.4, 0.5) is 0 Å². The molecule has 0 bridgehead atoms. The van der Waals surface area contributed by atoms with E-state index in [4.69, 9.17) is 18.5 Å². The summed E-state index contributed by atoms with van der Waals surface area (Å²) in [6, 6.07) is 0. The molecule has 0 heterocycles. The third-order valence-electron chi connectivity index (χ3n) is 16.5. The van der Waals surface area contributed by atoms with Crippen LogP contribution in [0.1, 0.15) is 361 Å². The molecule has 504 valence electrons. The van der Waals surface area contributed by atoms with Crippen molar-refractivity contribution < 1.29 is 42.1 Å². The maximum absolute atomic E-state index is 12.9. The maximum atomic E-state index is 12.9. The molecule has 0 aliphatic rings. The predicted molar refractivity (Wildman–Crippen MR) is 370 cm³/mol. The topological polar surface area (TPSA) is 111 Å². The molecule has 0 aromatic rings. The van der Waals surface area contributed by atoms with Crippen LogP contribution >= 0.6 is 7.82 Å². The number of quaternary nitrogens is 1. The van der Waals surface area contributed by atoms with Gasteiger partial charge in [0, 0.05) is 12.8 Å². The zero-order chi connectivity index (χ0) is 62.6. The Labute approximate surface area is 534 Å². The van der Waals surface area contributed by atoms with Gasteiger partial charge in [-0.15, -0.1) is 0 Å². The minimum atomic E-state index is -4.64. The van der Waals surface area contributed by atoms with Crippen molar-refractivity contribution in [1.82, 2.24) is 0 Å². The Hall–Kier alpha value is -2.29. The van der Waals surface area contributed by atoms with Gasteiger partial charge in [-0.25, -0.2) is 0 Å². The van der Waals surface area contributed by atoms with E-state index in [1.54, 1.807) is 0 Å². The number of rotatable bonds is 69. The largest absolute Gasteiger partial charge is 0.756 e. The molecule has 0 saturated heterocycles. The minimum absolute atomic E-state index is 0.0305.